The number of rotatable bonds is 3. The minimum absolute atomic E-state index is 0.217. The first kappa shape index (κ1) is 18.7. The number of aryl methyl sites for hydroxylation is 1. The number of fused-ring (bicyclic) bond motifs is 1. The van der Waals surface area contributed by atoms with E-state index in [4.69, 9.17) is 0 Å². The van der Waals surface area contributed by atoms with E-state index < -0.39 is 23.3 Å². The summed E-state index contributed by atoms with van der Waals surface area (Å²) in [6.45, 7) is 1.83. The summed E-state index contributed by atoms with van der Waals surface area (Å²) in [5.74, 6) is -0.909. The number of nitrogens with zero attached hydrogens (tertiary/aromatic N) is 3. The van der Waals surface area contributed by atoms with E-state index in [0.717, 1.165) is 21.8 Å². The van der Waals surface area contributed by atoms with E-state index in [2.05, 4.69) is 15.4 Å². The largest absolute Gasteiger partial charge is 0.434 e. The molecular weight excluding hydrogens is 381 g/mol. The summed E-state index contributed by atoms with van der Waals surface area (Å²) in [6.07, 6.45) is -2.44. The van der Waals surface area contributed by atoms with Gasteiger partial charge in [0.05, 0.1) is 34.8 Å². The van der Waals surface area contributed by atoms with E-state index in [-0.39, 0.29) is 5.69 Å². The Morgan fingerprint density at radius 1 is 1.03 bits per heavy atom. The average molecular weight is 396 g/mol. The number of anilines is 1. The van der Waals surface area contributed by atoms with Crippen molar-refractivity contribution in [2.75, 3.05) is 5.32 Å². The third-order valence-corrected chi connectivity index (χ3v) is 4.41. The molecule has 1 amide bonds. The first-order valence-electron chi connectivity index (χ1n) is 8.71. The van der Waals surface area contributed by atoms with Gasteiger partial charge in [0.15, 0.2) is 5.69 Å². The highest BCUT2D eigenvalue weighted by atomic mass is 19.4. The molecule has 2 heterocycles. The lowest BCUT2D eigenvalue weighted by Crippen LogP contribution is -2.20. The van der Waals surface area contributed by atoms with Gasteiger partial charge in [0, 0.05) is 5.39 Å². The van der Waals surface area contributed by atoms with E-state index >= 15 is 0 Å². The van der Waals surface area contributed by atoms with Crippen LogP contribution in [-0.4, -0.2) is 20.7 Å². The molecule has 0 aliphatic heterocycles. The number of carbonyl (C=O) groups is 1. The molecule has 0 bridgehead atoms. The molecule has 4 aromatic rings. The molecule has 0 aliphatic carbocycles. The van der Waals surface area contributed by atoms with Gasteiger partial charge in [-0.1, -0.05) is 35.9 Å². The minimum atomic E-state index is -4.77. The van der Waals surface area contributed by atoms with Crippen LogP contribution in [0, 0.1) is 6.92 Å². The fourth-order valence-electron chi connectivity index (χ4n) is 3.01. The predicted octanol–water partition coefficient (Wildman–Crippen LogP) is 5.00. The first-order valence-corrected chi connectivity index (χ1v) is 8.71. The molecule has 0 aliphatic rings. The zero-order valence-corrected chi connectivity index (χ0v) is 15.2. The number of amides is 1. The van der Waals surface area contributed by atoms with Crippen molar-refractivity contribution in [1.82, 2.24) is 14.8 Å². The maximum Gasteiger partial charge on any atom is 0.434 e. The molecular formula is C21H15F3N4O. The van der Waals surface area contributed by atoms with Crippen molar-refractivity contribution < 1.29 is 18.0 Å². The third-order valence-electron chi connectivity index (χ3n) is 4.41. The average Bonchev–Trinajstić information content (AvgIpc) is 3.14. The molecule has 8 heteroatoms. The number of hydrogen-bond donors (Lipinski definition) is 1. The van der Waals surface area contributed by atoms with Crippen molar-refractivity contribution >= 4 is 22.5 Å². The van der Waals surface area contributed by atoms with E-state index in [0.29, 0.717) is 11.2 Å². The van der Waals surface area contributed by atoms with E-state index in [1.54, 1.807) is 30.3 Å². The Hall–Kier alpha value is -3.68. The molecule has 0 radical (unpaired) electrons. The number of alkyl halides is 3. The summed E-state index contributed by atoms with van der Waals surface area (Å²) in [7, 11) is 0. The zero-order valence-electron chi connectivity index (χ0n) is 15.2. The quantitative estimate of drug-likeness (QED) is 0.530. The maximum absolute atomic E-state index is 13.8. The topological polar surface area (TPSA) is 59.8 Å². The van der Waals surface area contributed by atoms with Crippen LogP contribution in [0.15, 0.2) is 67.0 Å². The molecule has 0 unspecified atom stereocenters. The fourth-order valence-corrected chi connectivity index (χ4v) is 3.01. The third kappa shape index (κ3) is 3.69. The summed E-state index contributed by atoms with van der Waals surface area (Å²) in [4.78, 5) is 16.8. The Kier molecular flexibility index (Phi) is 4.54. The molecule has 0 saturated carbocycles. The second kappa shape index (κ2) is 7.05. The van der Waals surface area contributed by atoms with Crippen LogP contribution in [0.3, 0.4) is 0 Å². The number of pyridine rings is 1. The van der Waals surface area contributed by atoms with Gasteiger partial charge in [-0.05, 0) is 31.2 Å². The Morgan fingerprint density at radius 2 is 1.76 bits per heavy atom. The molecule has 1 N–H and O–H groups in total. The molecule has 146 valence electrons. The highest BCUT2D eigenvalue weighted by molar-refractivity contribution is 6.05. The van der Waals surface area contributed by atoms with Crippen LogP contribution >= 0.6 is 0 Å². The smallest absolute Gasteiger partial charge is 0.320 e. The number of para-hydroxylation sites is 1. The van der Waals surface area contributed by atoms with Crippen molar-refractivity contribution in [3.8, 4) is 5.69 Å². The second-order valence-electron chi connectivity index (χ2n) is 6.52. The van der Waals surface area contributed by atoms with Crippen LogP contribution in [0.4, 0.5) is 18.9 Å². The molecule has 5 nitrogen and oxygen atoms in total. The number of hydrogen-bond acceptors (Lipinski definition) is 3. The molecule has 0 saturated heterocycles. The van der Waals surface area contributed by atoms with Crippen LogP contribution in [0.25, 0.3) is 16.6 Å². The van der Waals surface area contributed by atoms with Gasteiger partial charge < -0.3 is 5.32 Å². The molecule has 0 atom stereocenters. The van der Waals surface area contributed by atoms with Crippen molar-refractivity contribution in [2.24, 2.45) is 0 Å². The molecule has 2 aromatic carbocycles. The summed E-state index contributed by atoms with van der Waals surface area (Å²) in [5, 5.41) is 7.06. The first-order chi connectivity index (χ1) is 13.8. The van der Waals surface area contributed by atoms with Crippen molar-refractivity contribution in [2.45, 2.75) is 13.1 Å². The SMILES string of the molecule is Cc1ccc(-n2ncc(C(=O)Nc3cnc4ccccc4c3)c2C(F)(F)F)cc1. The molecule has 0 spiro atoms. The lowest BCUT2D eigenvalue weighted by Gasteiger charge is -2.13. The Bertz CT molecular complexity index is 1200. The second-order valence-corrected chi connectivity index (χ2v) is 6.52. The minimum Gasteiger partial charge on any atom is -0.320 e. The Morgan fingerprint density at radius 3 is 2.48 bits per heavy atom. The van der Waals surface area contributed by atoms with Gasteiger partial charge >= 0.3 is 6.18 Å². The van der Waals surface area contributed by atoms with Gasteiger partial charge in [0.25, 0.3) is 5.91 Å². The molecule has 4 rings (SSSR count). The summed E-state index contributed by atoms with van der Waals surface area (Å²) in [6, 6.07) is 15.3. The zero-order chi connectivity index (χ0) is 20.6. The molecule has 2 aromatic heterocycles. The normalized spacial score (nSPS) is 11.6. The van der Waals surface area contributed by atoms with Crippen molar-refractivity contribution in [3.63, 3.8) is 0 Å². The van der Waals surface area contributed by atoms with Gasteiger partial charge in [-0.2, -0.15) is 18.3 Å². The van der Waals surface area contributed by atoms with E-state index in [1.165, 1.54) is 18.3 Å². The van der Waals surface area contributed by atoms with Crippen LogP contribution < -0.4 is 5.32 Å². The lowest BCUT2D eigenvalue weighted by atomic mass is 10.2. The number of aromatic nitrogens is 3. The highest BCUT2D eigenvalue weighted by Gasteiger charge is 2.40. The van der Waals surface area contributed by atoms with Gasteiger partial charge in [-0.15, -0.1) is 0 Å². The number of carbonyl (C=O) groups excluding carboxylic acids is 1. The van der Waals surface area contributed by atoms with Crippen LogP contribution in [0.5, 0.6) is 0 Å². The van der Waals surface area contributed by atoms with Crippen LogP contribution in [0.2, 0.25) is 0 Å². The van der Waals surface area contributed by atoms with Gasteiger partial charge in [-0.3, -0.25) is 9.78 Å². The molecule has 0 fully saturated rings. The monoisotopic (exact) mass is 396 g/mol. The predicted molar refractivity (Wildman–Crippen MR) is 103 cm³/mol. The number of halogens is 3. The number of nitrogens with one attached hydrogen (secondary N) is 1. The summed E-state index contributed by atoms with van der Waals surface area (Å²) in [5.41, 5.74) is 0.433. The van der Waals surface area contributed by atoms with E-state index in [9.17, 15) is 18.0 Å². The Balaban J connectivity index is 1.71. The van der Waals surface area contributed by atoms with Gasteiger partial charge in [0.2, 0.25) is 0 Å². The lowest BCUT2D eigenvalue weighted by molar-refractivity contribution is -0.143. The van der Waals surface area contributed by atoms with Gasteiger partial charge in [0.1, 0.15) is 0 Å². The summed E-state index contributed by atoms with van der Waals surface area (Å²) < 4.78 is 42.0. The fraction of sp³-hybridized carbons (Fsp3) is 0.0952. The van der Waals surface area contributed by atoms with Crippen molar-refractivity contribution in [3.05, 3.63) is 83.8 Å². The van der Waals surface area contributed by atoms with Crippen LogP contribution in [-0.2, 0) is 6.18 Å². The van der Waals surface area contributed by atoms with Crippen LogP contribution in [0.1, 0.15) is 21.6 Å². The summed E-state index contributed by atoms with van der Waals surface area (Å²) >= 11 is 0. The maximum atomic E-state index is 13.8. The van der Waals surface area contributed by atoms with Crippen molar-refractivity contribution in [1.29, 1.82) is 0 Å². The Labute approximate surface area is 163 Å². The standard InChI is InChI=1S/C21H15F3N4O/c1-13-6-8-16(9-7-13)28-19(21(22,23)24)17(12-26-28)20(29)27-15-10-14-4-2-3-5-18(14)25-11-15/h2-12H,1H3,(H,27,29). The number of benzene rings is 2. The van der Waals surface area contributed by atoms with Gasteiger partial charge in [-0.25, -0.2) is 4.68 Å². The van der Waals surface area contributed by atoms with E-state index in [1.807, 2.05) is 19.1 Å². The highest BCUT2D eigenvalue weighted by Crippen LogP contribution is 2.34. The molecule has 29 heavy (non-hydrogen) atoms.